The highest BCUT2D eigenvalue weighted by molar-refractivity contribution is 6.24. The van der Waals surface area contributed by atoms with Crippen LogP contribution in [0.15, 0.2) is 59.8 Å². The maximum absolute atomic E-state index is 13.3. The van der Waals surface area contributed by atoms with Crippen LogP contribution < -0.4 is 25.1 Å². The quantitative estimate of drug-likeness (QED) is 0.155. The Balaban J connectivity index is 0.809. The molecule has 8 rings (SSSR count). The Morgan fingerprint density at radius 3 is 2.43 bits per heavy atom. The monoisotopic (exact) mass is 792 g/mol. The van der Waals surface area contributed by atoms with Crippen LogP contribution >= 0.6 is 0 Å². The van der Waals surface area contributed by atoms with Gasteiger partial charge in [-0.25, -0.2) is 0 Å². The number of amides is 5. The van der Waals surface area contributed by atoms with Gasteiger partial charge in [0, 0.05) is 75.8 Å². The third kappa shape index (κ3) is 7.06. The van der Waals surface area contributed by atoms with Crippen LogP contribution in [0, 0.1) is 5.92 Å². The zero-order chi connectivity index (χ0) is 40.7. The van der Waals surface area contributed by atoms with Crippen molar-refractivity contribution in [2.45, 2.75) is 44.3 Å². The summed E-state index contributed by atoms with van der Waals surface area (Å²) in [6.07, 6.45) is 6.25. The molecule has 0 saturated carbocycles. The summed E-state index contributed by atoms with van der Waals surface area (Å²) in [5, 5.41) is 3.53. The number of aryl methyl sites for hydroxylation is 1. The maximum atomic E-state index is 13.3. The second-order valence-electron chi connectivity index (χ2n) is 15.0. The SMILES string of the molecule is COc1cc(-c2cn(C)c(=O)c3cnccc23)cc(OC)c1CN1CC2CN(C(=O)CCOCCOc3cccc4c3C(=O)N(C3CCC(=O)NC3=O)C4=O)CCC21. The van der Waals surface area contributed by atoms with Crippen molar-refractivity contribution in [2.24, 2.45) is 13.0 Å². The number of imide groups is 2. The number of pyridine rings is 2. The molecular weight excluding hydrogens is 748 g/mol. The maximum Gasteiger partial charge on any atom is 0.266 e. The van der Waals surface area contributed by atoms with Gasteiger partial charge < -0.3 is 28.4 Å². The normalized spacial score (nSPS) is 20.4. The number of benzene rings is 2. The predicted molar refractivity (Wildman–Crippen MR) is 208 cm³/mol. The first-order chi connectivity index (χ1) is 28.1. The number of nitrogens with one attached hydrogen (secondary N) is 1. The lowest BCUT2D eigenvalue weighted by atomic mass is 9.82. The summed E-state index contributed by atoms with van der Waals surface area (Å²) < 4.78 is 24.9. The van der Waals surface area contributed by atoms with E-state index in [0.29, 0.717) is 48.5 Å². The number of piperidine rings is 2. The van der Waals surface area contributed by atoms with Gasteiger partial charge in [0.05, 0.1) is 55.9 Å². The lowest BCUT2D eigenvalue weighted by Crippen LogP contribution is -2.63. The molecular formula is C42H44N6O10. The van der Waals surface area contributed by atoms with Gasteiger partial charge in [-0.3, -0.25) is 48.9 Å². The Kier molecular flexibility index (Phi) is 10.7. The van der Waals surface area contributed by atoms with Crippen LogP contribution in [0.2, 0.25) is 0 Å². The van der Waals surface area contributed by atoms with Crippen LogP contribution in [-0.4, -0.2) is 120 Å². The summed E-state index contributed by atoms with van der Waals surface area (Å²) in [6.45, 7) is 3.21. The third-order valence-corrected chi connectivity index (χ3v) is 11.6. The molecule has 16 heteroatoms. The van der Waals surface area contributed by atoms with Crippen molar-refractivity contribution < 1.29 is 42.9 Å². The molecule has 4 aliphatic heterocycles. The highest BCUT2D eigenvalue weighted by Crippen LogP contribution is 2.41. The molecule has 1 N–H and O–H groups in total. The van der Waals surface area contributed by atoms with Gasteiger partial charge in [-0.05, 0) is 54.1 Å². The molecule has 3 fully saturated rings. The van der Waals surface area contributed by atoms with Crippen molar-refractivity contribution in [3.05, 3.63) is 82.0 Å². The van der Waals surface area contributed by atoms with E-state index in [1.165, 1.54) is 6.07 Å². The van der Waals surface area contributed by atoms with E-state index in [0.717, 1.165) is 39.9 Å². The molecule has 3 saturated heterocycles. The minimum absolute atomic E-state index is 0.0250. The molecule has 58 heavy (non-hydrogen) atoms. The molecule has 0 aliphatic carbocycles. The first-order valence-corrected chi connectivity index (χ1v) is 19.3. The van der Waals surface area contributed by atoms with E-state index in [-0.39, 0.29) is 67.4 Å². The summed E-state index contributed by atoms with van der Waals surface area (Å²) in [6, 6.07) is 9.75. The molecule has 6 heterocycles. The molecule has 5 amide bonds. The van der Waals surface area contributed by atoms with E-state index in [1.54, 1.807) is 50.4 Å². The van der Waals surface area contributed by atoms with E-state index in [2.05, 4.69) is 15.2 Å². The third-order valence-electron chi connectivity index (χ3n) is 11.6. The molecule has 2 aromatic carbocycles. The number of hydrogen-bond donors (Lipinski definition) is 1. The topological polar surface area (TPSA) is 179 Å². The highest BCUT2D eigenvalue weighted by atomic mass is 16.5. The van der Waals surface area contributed by atoms with E-state index in [1.807, 2.05) is 29.3 Å². The van der Waals surface area contributed by atoms with Crippen molar-refractivity contribution in [3.63, 3.8) is 0 Å². The minimum Gasteiger partial charge on any atom is -0.496 e. The number of methoxy groups -OCH3 is 2. The molecule has 3 atom stereocenters. The Hall–Kier alpha value is -6.13. The van der Waals surface area contributed by atoms with Gasteiger partial charge in [-0.2, -0.15) is 0 Å². The standard InChI is InChI=1S/C42H44N6O10/c1-45-22-29(26-9-12-43-19-28(26)40(45)52)24-17-34(55-2)30(35(18-24)56-3)23-47-21-25-20-46(13-10-31(25)47)37(50)11-14-57-15-16-58-33-6-4-5-27-38(33)42(54)48(41(27)53)32-7-8-36(49)44-39(32)51/h4-6,9,12,17-19,22,25,31-32H,7-8,10-11,13-16,20-21,23H2,1-3H3,(H,44,49,51). The summed E-state index contributed by atoms with van der Waals surface area (Å²) in [4.78, 5) is 85.6. The van der Waals surface area contributed by atoms with Crippen LogP contribution in [0.5, 0.6) is 17.2 Å². The Morgan fingerprint density at radius 1 is 0.897 bits per heavy atom. The fourth-order valence-corrected chi connectivity index (χ4v) is 8.66. The van der Waals surface area contributed by atoms with Crippen LogP contribution in [-0.2, 0) is 32.7 Å². The van der Waals surface area contributed by atoms with Gasteiger partial charge >= 0.3 is 0 Å². The number of likely N-dealkylation sites (tertiary alicyclic amines) is 2. The van der Waals surface area contributed by atoms with Gasteiger partial charge in [0.25, 0.3) is 17.4 Å². The minimum atomic E-state index is -1.06. The van der Waals surface area contributed by atoms with Gasteiger partial charge in [0.15, 0.2) is 0 Å². The number of carbonyl (C=O) groups excluding carboxylic acids is 5. The summed E-state index contributed by atoms with van der Waals surface area (Å²) >= 11 is 0. The van der Waals surface area contributed by atoms with Crippen LogP contribution in [0.25, 0.3) is 21.9 Å². The van der Waals surface area contributed by atoms with E-state index in [4.69, 9.17) is 18.9 Å². The van der Waals surface area contributed by atoms with E-state index in [9.17, 15) is 28.8 Å². The zero-order valence-electron chi connectivity index (χ0n) is 32.5. The molecule has 0 spiro atoms. The molecule has 4 aliphatic rings. The van der Waals surface area contributed by atoms with Gasteiger partial charge in [0.1, 0.15) is 29.9 Å². The van der Waals surface area contributed by atoms with Crippen molar-refractivity contribution in [1.29, 1.82) is 0 Å². The zero-order valence-corrected chi connectivity index (χ0v) is 32.5. The van der Waals surface area contributed by atoms with Gasteiger partial charge in [-0.15, -0.1) is 0 Å². The predicted octanol–water partition coefficient (Wildman–Crippen LogP) is 2.54. The number of fused-ring (bicyclic) bond motifs is 3. The molecule has 0 bridgehead atoms. The van der Waals surface area contributed by atoms with Gasteiger partial charge in [0.2, 0.25) is 17.7 Å². The molecule has 302 valence electrons. The van der Waals surface area contributed by atoms with Crippen molar-refractivity contribution in [2.75, 3.05) is 53.7 Å². The number of carbonyl (C=O) groups is 5. The lowest BCUT2D eigenvalue weighted by molar-refractivity contribution is -0.140. The van der Waals surface area contributed by atoms with Crippen LogP contribution in [0.1, 0.15) is 52.0 Å². The van der Waals surface area contributed by atoms with Crippen molar-refractivity contribution in [1.82, 2.24) is 29.6 Å². The largest absolute Gasteiger partial charge is 0.496 e. The Labute approximate surface area is 333 Å². The first-order valence-electron chi connectivity index (χ1n) is 19.3. The second kappa shape index (κ2) is 16.0. The van der Waals surface area contributed by atoms with Crippen LogP contribution in [0.3, 0.4) is 0 Å². The summed E-state index contributed by atoms with van der Waals surface area (Å²) in [7, 11) is 5.01. The number of nitrogens with zero attached hydrogens (tertiary/aromatic N) is 5. The molecule has 3 unspecified atom stereocenters. The summed E-state index contributed by atoms with van der Waals surface area (Å²) in [5.74, 6) is -0.404. The average Bonchev–Trinajstić information content (AvgIpc) is 3.48. The first kappa shape index (κ1) is 38.7. The summed E-state index contributed by atoms with van der Waals surface area (Å²) in [5.41, 5.74) is 2.77. The number of rotatable bonds is 13. The molecule has 2 aromatic heterocycles. The van der Waals surface area contributed by atoms with E-state index >= 15 is 0 Å². The fourth-order valence-electron chi connectivity index (χ4n) is 8.66. The molecule has 16 nitrogen and oxygen atoms in total. The number of hydrogen-bond acceptors (Lipinski definition) is 12. The lowest BCUT2D eigenvalue weighted by Gasteiger charge is -2.53. The highest BCUT2D eigenvalue weighted by Gasteiger charge is 2.46. The fraction of sp³-hybridized carbons (Fsp3) is 0.405. The van der Waals surface area contributed by atoms with Crippen molar-refractivity contribution >= 4 is 40.3 Å². The number of ether oxygens (including phenoxy) is 4. The second-order valence-corrected chi connectivity index (χ2v) is 15.0. The van der Waals surface area contributed by atoms with Crippen molar-refractivity contribution in [3.8, 4) is 28.4 Å². The molecule has 4 aromatic rings. The molecule has 0 radical (unpaired) electrons. The number of aromatic nitrogens is 2. The Morgan fingerprint density at radius 2 is 1.69 bits per heavy atom. The van der Waals surface area contributed by atoms with Crippen LogP contribution in [0.4, 0.5) is 0 Å². The van der Waals surface area contributed by atoms with Gasteiger partial charge in [-0.1, -0.05) is 6.07 Å². The Bertz CT molecular complexity index is 2370. The average molecular weight is 793 g/mol. The smallest absolute Gasteiger partial charge is 0.266 e. The van der Waals surface area contributed by atoms with E-state index < -0.39 is 29.7 Å².